The molecule has 0 bridgehead atoms. The number of nitrogens with zero attached hydrogens (tertiary/aromatic N) is 2. The smallest absolute Gasteiger partial charge is 0.261 e. The highest BCUT2D eigenvalue weighted by atomic mass is 35.5. The Morgan fingerprint density at radius 2 is 1.64 bits per heavy atom. The number of carbonyl (C=O) groups excluding carboxylic acids is 1. The fourth-order valence-corrected chi connectivity index (χ4v) is 4.19. The van der Waals surface area contributed by atoms with Crippen LogP contribution in [-0.2, 0) is 10.0 Å². The van der Waals surface area contributed by atoms with Crippen LogP contribution in [0.25, 0.3) is 11.4 Å². The molecule has 0 saturated carbocycles. The molecule has 0 aliphatic carbocycles. The summed E-state index contributed by atoms with van der Waals surface area (Å²) in [5.74, 6) is -0.454. The van der Waals surface area contributed by atoms with Crippen LogP contribution in [-0.4, -0.2) is 29.4 Å². The van der Waals surface area contributed by atoms with Crippen molar-refractivity contribution in [3.63, 3.8) is 0 Å². The van der Waals surface area contributed by atoms with Crippen molar-refractivity contribution in [3.05, 3.63) is 95.8 Å². The number of hydrogen-bond donors (Lipinski definition) is 3. The molecule has 0 unspecified atom stereocenters. The van der Waals surface area contributed by atoms with Crippen molar-refractivity contribution in [1.82, 2.24) is 9.97 Å². The largest absolute Gasteiger partial charge is 0.506 e. The van der Waals surface area contributed by atoms with Crippen molar-refractivity contribution in [2.24, 2.45) is 0 Å². The van der Waals surface area contributed by atoms with E-state index in [-0.39, 0.29) is 27.6 Å². The second kappa shape index (κ2) is 9.27. The average Bonchev–Trinajstić information content (AvgIpc) is 2.81. The second-order valence-electron chi connectivity index (χ2n) is 6.91. The van der Waals surface area contributed by atoms with E-state index in [4.69, 9.17) is 11.6 Å². The van der Waals surface area contributed by atoms with E-state index in [1.54, 1.807) is 18.2 Å². The number of halogens is 1. The third-order valence-electron chi connectivity index (χ3n) is 4.55. The Morgan fingerprint density at radius 1 is 0.909 bits per heavy atom. The molecule has 33 heavy (non-hydrogen) atoms. The number of anilines is 2. The zero-order valence-corrected chi connectivity index (χ0v) is 18.5. The van der Waals surface area contributed by atoms with E-state index in [9.17, 15) is 18.3 Å². The number of rotatable bonds is 6. The first-order chi connectivity index (χ1) is 15.8. The normalized spacial score (nSPS) is 11.1. The van der Waals surface area contributed by atoms with E-state index in [0.717, 1.165) is 11.6 Å². The van der Waals surface area contributed by atoms with Gasteiger partial charge in [-0.15, -0.1) is 0 Å². The van der Waals surface area contributed by atoms with Gasteiger partial charge in [-0.25, -0.2) is 18.4 Å². The van der Waals surface area contributed by atoms with Crippen LogP contribution in [0, 0.1) is 0 Å². The Labute approximate surface area is 195 Å². The molecule has 166 valence electrons. The zero-order chi connectivity index (χ0) is 23.4. The van der Waals surface area contributed by atoms with Gasteiger partial charge in [0.2, 0.25) is 0 Å². The molecular weight excluding hydrogens is 464 g/mol. The van der Waals surface area contributed by atoms with Crippen molar-refractivity contribution in [2.45, 2.75) is 4.90 Å². The van der Waals surface area contributed by atoms with Gasteiger partial charge in [-0.2, -0.15) is 0 Å². The zero-order valence-electron chi connectivity index (χ0n) is 16.9. The molecule has 0 aliphatic heterocycles. The number of nitrogens with one attached hydrogen (secondary N) is 2. The molecule has 10 heteroatoms. The number of sulfonamides is 1. The predicted octanol–water partition coefficient (Wildman–Crippen LogP) is 4.56. The topological polar surface area (TPSA) is 121 Å². The van der Waals surface area contributed by atoms with Crippen LogP contribution in [0.15, 0.2) is 90.1 Å². The van der Waals surface area contributed by atoms with Crippen molar-refractivity contribution in [1.29, 1.82) is 0 Å². The van der Waals surface area contributed by atoms with Gasteiger partial charge in [0.1, 0.15) is 5.75 Å². The minimum atomic E-state index is -4.00. The summed E-state index contributed by atoms with van der Waals surface area (Å²) >= 11 is 5.90. The van der Waals surface area contributed by atoms with Crippen LogP contribution < -0.4 is 10.0 Å². The van der Waals surface area contributed by atoms with Gasteiger partial charge in [0.25, 0.3) is 15.9 Å². The Balaban J connectivity index is 1.53. The fourth-order valence-electron chi connectivity index (χ4n) is 2.92. The number of phenols is 1. The number of aromatic hydroxyl groups is 1. The first-order valence-corrected chi connectivity index (χ1v) is 11.5. The summed E-state index contributed by atoms with van der Waals surface area (Å²) in [7, 11) is -4.00. The van der Waals surface area contributed by atoms with Crippen molar-refractivity contribution >= 4 is 38.9 Å². The summed E-state index contributed by atoms with van der Waals surface area (Å²) in [5, 5.41) is 13.0. The maximum absolute atomic E-state index is 12.7. The summed E-state index contributed by atoms with van der Waals surface area (Å²) in [4.78, 5) is 20.8. The van der Waals surface area contributed by atoms with E-state index in [1.807, 2.05) is 30.3 Å². The maximum Gasteiger partial charge on any atom is 0.261 e. The maximum atomic E-state index is 12.7. The van der Waals surface area contributed by atoms with Crippen molar-refractivity contribution in [2.75, 3.05) is 10.0 Å². The van der Waals surface area contributed by atoms with Crippen LogP contribution in [0.3, 0.4) is 0 Å². The lowest BCUT2D eigenvalue weighted by atomic mass is 10.2. The Bertz CT molecular complexity index is 1410. The van der Waals surface area contributed by atoms with E-state index < -0.39 is 15.9 Å². The van der Waals surface area contributed by atoms with Crippen LogP contribution in [0.1, 0.15) is 10.4 Å². The molecule has 4 rings (SSSR count). The summed E-state index contributed by atoms with van der Waals surface area (Å²) in [6, 6.07) is 19.0. The molecule has 3 N–H and O–H groups in total. The summed E-state index contributed by atoms with van der Waals surface area (Å²) in [5.41, 5.74) is 1.13. The molecule has 0 spiro atoms. The lowest BCUT2D eigenvalue weighted by Crippen LogP contribution is -2.15. The minimum absolute atomic E-state index is 0.0823. The molecule has 4 aromatic rings. The summed E-state index contributed by atoms with van der Waals surface area (Å²) < 4.78 is 27.9. The number of phenolic OH excluding ortho intramolecular Hbond substituents is 1. The van der Waals surface area contributed by atoms with Crippen molar-refractivity contribution in [3.8, 4) is 17.1 Å². The molecule has 0 atom stereocenters. The Kier molecular flexibility index (Phi) is 6.25. The Hall–Kier alpha value is -3.95. The first kappa shape index (κ1) is 22.3. The third kappa shape index (κ3) is 5.28. The molecule has 0 fully saturated rings. The molecule has 0 radical (unpaired) electrons. The molecule has 0 saturated heterocycles. The predicted molar refractivity (Wildman–Crippen MR) is 126 cm³/mol. The lowest BCUT2D eigenvalue weighted by Gasteiger charge is -2.12. The molecule has 1 heterocycles. The number of amides is 1. The molecule has 1 amide bonds. The third-order valence-corrected chi connectivity index (χ3v) is 6.16. The van der Waals surface area contributed by atoms with Gasteiger partial charge in [-0.05, 0) is 36.4 Å². The minimum Gasteiger partial charge on any atom is -0.506 e. The van der Waals surface area contributed by atoms with E-state index >= 15 is 0 Å². The van der Waals surface area contributed by atoms with Crippen LogP contribution in [0.4, 0.5) is 11.4 Å². The van der Waals surface area contributed by atoms with Gasteiger partial charge in [-0.1, -0.05) is 48.0 Å². The van der Waals surface area contributed by atoms with Gasteiger partial charge in [0.05, 0.1) is 21.8 Å². The quantitative estimate of drug-likeness (QED) is 0.348. The van der Waals surface area contributed by atoms with Crippen LogP contribution in [0.5, 0.6) is 5.75 Å². The van der Waals surface area contributed by atoms with Crippen LogP contribution >= 0.6 is 11.6 Å². The monoisotopic (exact) mass is 480 g/mol. The molecule has 1 aromatic heterocycles. The standard InChI is InChI=1S/C23H17ClN4O4S/c24-17-7-4-8-18(11-17)28-33(31,32)19-9-10-21(29)20(12-19)27-23(30)16-13-25-22(26-14-16)15-5-2-1-3-6-15/h1-14,28-29H,(H,27,30). The SMILES string of the molecule is O=C(Nc1cc(S(=O)(=O)Nc2cccc(Cl)c2)ccc1O)c1cnc(-c2ccccc2)nc1. The highest BCUT2D eigenvalue weighted by molar-refractivity contribution is 7.92. The summed E-state index contributed by atoms with van der Waals surface area (Å²) in [6.45, 7) is 0. The first-order valence-electron chi connectivity index (χ1n) is 9.62. The number of carbonyl (C=O) groups is 1. The van der Waals surface area contributed by atoms with E-state index in [1.165, 1.54) is 30.6 Å². The molecule has 3 aromatic carbocycles. The number of benzene rings is 3. The fraction of sp³-hybridized carbons (Fsp3) is 0. The van der Waals surface area contributed by atoms with Gasteiger partial charge >= 0.3 is 0 Å². The highest BCUT2D eigenvalue weighted by Crippen LogP contribution is 2.28. The number of hydrogen-bond acceptors (Lipinski definition) is 6. The van der Waals surface area contributed by atoms with Gasteiger partial charge in [0, 0.05) is 23.0 Å². The Morgan fingerprint density at radius 3 is 2.33 bits per heavy atom. The van der Waals surface area contributed by atoms with Gasteiger partial charge < -0.3 is 10.4 Å². The lowest BCUT2D eigenvalue weighted by molar-refractivity contribution is 0.102. The average molecular weight is 481 g/mol. The van der Waals surface area contributed by atoms with Crippen molar-refractivity contribution < 1.29 is 18.3 Å². The van der Waals surface area contributed by atoms with E-state index in [2.05, 4.69) is 20.0 Å². The highest BCUT2D eigenvalue weighted by Gasteiger charge is 2.18. The van der Waals surface area contributed by atoms with Gasteiger partial charge in [-0.3, -0.25) is 9.52 Å². The number of aromatic nitrogens is 2. The van der Waals surface area contributed by atoms with Crippen LogP contribution in [0.2, 0.25) is 5.02 Å². The molecular formula is C23H17ClN4O4S. The molecule has 0 aliphatic rings. The molecule has 8 nitrogen and oxygen atoms in total. The summed E-state index contributed by atoms with van der Waals surface area (Å²) in [6.07, 6.45) is 2.70. The second-order valence-corrected chi connectivity index (χ2v) is 9.03. The van der Waals surface area contributed by atoms with Gasteiger partial charge in [0.15, 0.2) is 5.82 Å². The van der Waals surface area contributed by atoms with E-state index in [0.29, 0.717) is 10.8 Å².